The minimum absolute atomic E-state index is 0.554. The van der Waals surface area contributed by atoms with E-state index in [2.05, 4.69) is 62.0 Å². The molecule has 25 heavy (non-hydrogen) atoms. The molecule has 0 bridgehead atoms. The summed E-state index contributed by atoms with van der Waals surface area (Å²) in [6.07, 6.45) is 0.989. The molecule has 0 amide bonds. The Hall–Kier alpha value is -2.33. The summed E-state index contributed by atoms with van der Waals surface area (Å²) in [7, 11) is 2.12. The van der Waals surface area contributed by atoms with Crippen LogP contribution in [0.1, 0.15) is 25.2 Å². The molecular weight excluding hydrogens is 330 g/mol. The predicted molar refractivity (Wildman–Crippen MR) is 102 cm³/mol. The molecule has 4 aromatic rings. The molecule has 126 valence electrons. The van der Waals surface area contributed by atoms with Gasteiger partial charge in [0.25, 0.3) is 5.69 Å². The second kappa shape index (κ2) is 5.09. The van der Waals surface area contributed by atoms with Crippen molar-refractivity contribution < 1.29 is 13.7 Å². The highest BCUT2D eigenvalue weighted by atomic mass is 32.1. The molecule has 0 saturated heterocycles. The molecular formula is C21H20NO2S+. The van der Waals surface area contributed by atoms with E-state index < -0.39 is 0 Å². The van der Waals surface area contributed by atoms with Crippen molar-refractivity contribution >= 4 is 32.5 Å². The minimum Gasteiger partial charge on any atom is -0.450 e. The van der Waals surface area contributed by atoms with Gasteiger partial charge in [-0.2, -0.15) is 4.57 Å². The summed E-state index contributed by atoms with van der Waals surface area (Å²) in [6, 6.07) is 8.61. The molecule has 0 spiro atoms. The molecule has 0 radical (unpaired) electrons. The number of ether oxygens (including phenoxy) is 1. The lowest BCUT2D eigenvalue weighted by Gasteiger charge is -2.20. The van der Waals surface area contributed by atoms with E-state index in [0.29, 0.717) is 5.92 Å². The van der Waals surface area contributed by atoms with Crippen molar-refractivity contribution in [1.82, 2.24) is 0 Å². The van der Waals surface area contributed by atoms with E-state index >= 15 is 0 Å². The molecule has 0 saturated carbocycles. The molecule has 4 heteroatoms. The minimum atomic E-state index is 0.554. The first kappa shape index (κ1) is 15.0. The highest BCUT2D eigenvalue weighted by molar-refractivity contribution is 7.17. The zero-order valence-corrected chi connectivity index (χ0v) is 15.7. The van der Waals surface area contributed by atoms with Gasteiger partial charge in [0.15, 0.2) is 10.6 Å². The highest BCUT2D eigenvalue weighted by Crippen LogP contribution is 2.52. The standard InChI is InChI=1S/C21H20NO2S/c1-11(2)9-14-13-7-5-6-8-15(13)22(4)19-17-12(3)23-21-18(17)16(10-25-21)24-20(14)19/h5-8,10-11H,9H2,1-4H3/q+1. The fourth-order valence-corrected chi connectivity index (χ4v) is 4.90. The molecule has 3 nitrogen and oxygen atoms in total. The van der Waals surface area contributed by atoms with E-state index in [1.54, 1.807) is 11.3 Å². The number of pyridine rings is 1. The number of hydrogen-bond donors (Lipinski definition) is 0. The van der Waals surface area contributed by atoms with Gasteiger partial charge >= 0.3 is 0 Å². The Balaban J connectivity index is 1.97. The molecule has 4 heterocycles. The lowest BCUT2D eigenvalue weighted by atomic mass is 9.93. The molecule has 1 aliphatic rings. The Morgan fingerprint density at radius 2 is 2.00 bits per heavy atom. The summed E-state index contributed by atoms with van der Waals surface area (Å²) in [6.45, 7) is 6.57. The Labute approximate surface area is 150 Å². The van der Waals surface area contributed by atoms with Gasteiger partial charge in [-0.05, 0) is 25.3 Å². The number of fused-ring (bicyclic) bond motifs is 3. The summed E-state index contributed by atoms with van der Waals surface area (Å²) in [5.41, 5.74) is 4.85. The number of benzene rings is 1. The van der Waals surface area contributed by atoms with Crippen LogP contribution in [0.3, 0.4) is 0 Å². The Morgan fingerprint density at radius 1 is 1.20 bits per heavy atom. The molecule has 0 unspecified atom stereocenters. The predicted octanol–water partition coefficient (Wildman–Crippen LogP) is 5.75. The lowest BCUT2D eigenvalue weighted by Crippen LogP contribution is -2.34. The van der Waals surface area contributed by atoms with Crippen LogP contribution in [-0.2, 0) is 13.5 Å². The fraction of sp³-hybridized carbons (Fsp3) is 0.286. The molecule has 5 rings (SSSR count). The van der Waals surface area contributed by atoms with Crippen LogP contribution >= 0.6 is 11.3 Å². The van der Waals surface area contributed by atoms with Gasteiger partial charge < -0.3 is 9.15 Å². The molecule has 1 aromatic carbocycles. The first-order valence-electron chi connectivity index (χ1n) is 8.68. The highest BCUT2D eigenvalue weighted by Gasteiger charge is 2.36. The topological polar surface area (TPSA) is 26.2 Å². The van der Waals surface area contributed by atoms with Gasteiger partial charge in [-0.3, -0.25) is 0 Å². The maximum Gasteiger partial charge on any atom is 0.260 e. The summed E-state index contributed by atoms with van der Waals surface area (Å²) >= 11 is 1.61. The first-order valence-corrected chi connectivity index (χ1v) is 9.56. The van der Waals surface area contributed by atoms with Crippen LogP contribution in [0.5, 0.6) is 11.5 Å². The summed E-state index contributed by atoms with van der Waals surface area (Å²) < 4.78 is 14.7. The maximum absolute atomic E-state index is 6.45. The van der Waals surface area contributed by atoms with Crippen LogP contribution < -0.4 is 9.30 Å². The van der Waals surface area contributed by atoms with Crippen LogP contribution in [0.15, 0.2) is 34.1 Å². The number of hydrogen-bond acceptors (Lipinski definition) is 3. The van der Waals surface area contributed by atoms with Crippen LogP contribution in [-0.4, -0.2) is 0 Å². The van der Waals surface area contributed by atoms with Crippen molar-refractivity contribution in [1.29, 1.82) is 0 Å². The maximum atomic E-state index is 6.45. The second-order valence-electron chi connectivity index (χ2n) is 7.23. The summed E-state index contributed by atoms with van der Waals surface area (Å²) in [4.78, 5) is 0.951. The molecule has 0 fully saturated rings. The van der Waals surface area contributed by atoms with Gasteiger partial charge in [0.1, 0.15) is 18.4 Å². The third-order valence-corrected chi connectivity index (χ3v) is 5.88. The number of nitrogens with zero attached hydrogens (tertiary/aromatic N) is 1. The van der Waals surface area contributed by atoms with Crippen LogP contribution in [0.2, 0.25) is 0 Å². The largest absolute Gasteiger partial charge is 0.450 e. The molecule has 0 atom stereocenters. The van der Waals surface area contributed by atoms with Gasteiger partial charge in [-0.25, -0.2) is 0 Å². The van der Waals surface area contributed by atoms with Gasteiger partial charge in [-0.15, -0.1) is 11.3 Å². The summed E-state index contributed by atoms with van der Waals surface area (Å²) in [5.74, 6) is 3.44. The molecule has 0 N–H and O–H groups in total. The van der Waals surface area contributed by atoms with Crippen LogP contribution in [0, 0.1) is 12.8 Å². The van der Waals surface area contributed by atoms with E-state index in [4.69, 9.17) is 9.15 Å². The number of aryl methyl sites for hydroxylation is 2. The second-order valence-corrected chi connectivity index (χ2v) is 8.07. The molecule has 3 aromatic heterocycles. The van der Waals surface area contributed by atoms with E-state index in [1.165, 1.54) is 22.0 Å². The Kier molecular flexibility index (Phi) is 3.04. The first-order chi connectivity index (χ1) is 12.1. The van der Waals surface area contributed by atoms with E-state index in [9.17, 15) is 0 Å². The van der Waals surface area contributed by atoms with Crippen molar-refractivity contribution in [3.63, 3.8) is 0 Å². The summed E-state index contributed by atoms with van der Waals surface area (Å²) in [5, 5.41) is 4.46. The van der Waals surface area contributed by atoms with Gasteiger partial charge in [0.2, 0.25) is 11.3 Å². The van der Waals surface area contributed by atoms with Crippen LogP contribution in [0.25, 0.3) is 32.4 Å². The number of thiophene rings is 1. The third-order valence-electron chi connectivity index (χ3n) is 5.05. The van der Waals surface area contributed by atoms with Crippen molar-refractivity contribution in [3.05, 3.63) is 41.0 Å². The van der Waals surface area contributed by atoms with Crippen molar-refractivity contribution in [2.45, 2.75) is 27.2 Å². The van der Waals surface area contributed by atoms with Crippen molar-refractivity contribution in [3.8, 4) is 22.8 Å². The van der Waals surface area contributed by atoms with Gasteiger partial charge in [0.05, 0.1) is 10.8 Å². The third kappa shape index (κ3) is 1.94. The SMILES string of the molecule is Cc1oc2scc3c2c1-c1c(c(CC(C)C)c2ccccc2[n+]1C)O3. The van der Waals surface area contributed by atoms with Crippen molar-refractivity contribution in [2.75, 3.05) is 0 Å². The molecule has 1 aliphatic heterocycles. The van der Waals surface area contributed by atoms with Crippen LogP contribution in [0.4, 0.5) is 0 Å². The zero-order valence-electron chi connectivity index (χ0n) is 14.8. The zero-order chi connectivity index (χ0) is 17.3. The quantitative estimate of drug-likeness (QED) is 0.379. The van der Waals surface area contributed by atoms with Gasteiger partial charge in [-0.1, -0.05) is 26.0 Å². The number of rotatable bonds is 2. The van der Waals surface area contributed by atoms with Gasteiger partial charge in [0, 0.05) is 17.0 Å². The molecule has 0 aliphatic carbocycles. The Morgan fingerprint density at radius 3 is 2.80 bits per heavy atom. The fourth-order valence-electron chi connectivity index (χ4n) is 4.02. The number of aromatic nitrogens is 1. The number of furan rings is 1. The van der Waals surface area contributed by atoms with E-state index in [0.717, 1.165) is 39.7 Å². The smallest absolute Gasteiger partial charge is 0.260 e. The van der Waals surface area contributed by atoms with E-state index in [1.807, 2.05) is 0 Å². The van der Waals surface area contributed by atoms with E-state index in [-0.39, 0.29) is 0 Å². The Bertz CT molecular complexity index is 1150. The average Bonchev–Trinajstić information content (AvgIpc) is 3.14. The normalized spacial score (nSPS) is 12.8. The number of para-hydroxylation sites is 1. The van der Waals surface area contributed by atoms with Crippen molar-refractivity contribution in [2.24, 2.45) is 13.0 Å². The monoisotopic (exact) mass is 350 g/mol. The average molecular weight is 350 g/mol. The lowest BCUT2D eigenvalue weighted by molar-refractivity contribution is -0.633.